The summed E-state index contributed by atoms with van der Waals surface area (Å²) in [5, 5.41) is 16.4. The molecule has 3 aromatic carbocycles. The number of hydrogen-bond acceptors (Lipinski definition) is 5. The van der Waals surface area contributed by atoms with E-state index in [1.165, 1.54) is 18.2 Å². The van der Waals surface area contributed by atoms with Crippen molar-refractivity contribution >= 4 is 33.0 Å². The lowest BCUT2D eigenvalue weighted by Gasteiger charge is -2.23. The molecule has 1 atom stereocenters. The number of benzene rings is 3. The van der Waals surface area contributed by atoms with E-state index in [9.17, 15) is 18.5 Å². The molecule has 0 amide bonds. The van der Waals surface area contributed by atoms with Gasteiger partial charge in [0.25, 0.3) is 15.7 Å². The predicted octanol–water partition coefficient (Wildman–Crippen LogP) is 5.10. The molecule has 0 aliphatic carbocycles. The van der Waals surface area contributed by atoms with Gasteiger partial charge in [-0.3, -0.25) is 10.1 Å². The minimum absolute atomic E-state index is 0.102. The third-order valence-electron chi connectivity index (χ3n) is 5.10. The standard InChI is InChI=1S/C22H18ClN3O4S/c1-15-6-12-18(13-7-15)31(29,30)25-22(16-8-10-17(23)11-9-16)14-20(24-25)19-4-2-3-5-21(19)26(27)28/h2-13,22H,14H2,1H3/t22-/m0/s1. The Balaban J connectivity index is 1.84. The van der Waals surface area contributed by atoms with E-state index in [-0.39, 0.29) is 17.0 Å². The van der Waals surface area contributed by atoms with E-state index in [1.807, 2.05) is 6.92 Å². The average molecular weight is 456 g/mol. The van der Waals surface area contributed by atoms with Gasteiger partial charge in [0.15, 0.2) is 0 Å². The van der Waals surface area contributed by atoms with Crippen molar-refractivity contribution in [3.05, 3.63) is 105 Å². The second kappa shape index (κ2) is 8.13. The van der Waals surface area contributed by atoms with Crippen LogP contribution in [0.3, 0.4) is 0 Å². The highest BCUT2D eigenvalue weighted by molar-refractivity contribution is 7.89. The number of rotatable bonds is 5. The molecule has 0 N–H and O–H groups in total. The molecule has 1 heterocycles. The molecule has 158 valence electrons. The maximum absolute atomic E-state index is 13.5. The molecule has 0 aromatic heterocycles. The SMILES string of the molecule is Cc1ccc(S(=O)(=O)N2N=C(c3ccccc3[N+](=O)[O-])C[C@H]2c2ccc(Cl)cc2)cc1. The number of para-hydroxylation sites is 1. The number of halogens is 1. The van der Waals surface area contributed by atoms with Gasteiger partial charge < -0.3 is 0 Å². The summed E-state index contributed by atoms with van der Waals surface area (Å²) in [6, 6.07) is 18.9. The van der Waals surface area contributed by atoms with E-state index < -0.39 is 21.0 Å². The molecule has 0 bridgehead atoms. The van der Waals surface area contributed by atoms with Gasteiger partial charge in [0.2, 0.25) is 0 Å². The van der Waals surface area contributed by atoms with Crippen molar-refractivity contribution in [2.45, 2.75) is 24.3 Å². The molecular weight excluding hydrogens is 438 g/mol. The van der Waals surface area contributed by atoms with Gasteiger partial charge in [-0.05, 0) is 42.8 Å². The van der Waals surface area contributed by atoms with Gasteiger partial charge in [0.05, 0.1) is 27.1 Å². The summed E-state index contributed by atoms with van der Waals surface area (Å²) in [5.74, 6) is 0. The minimum atomic E-state index is -3.99. The number of nitro groups is 1. The highest BCUT2D eigenvalue weighted by atomic mass is 35.5. The van der Waals surface area contributed by atoms with Crippen molar-refractivity contribution in [2.24, 2.45) is 5.10 Å². The number of nitrogens with zero attached hydrogens (tertiary/aromatic N) is 3. The van der Waals surface area contributed by atoms with Crippen molar-refractivity contribution in [3.8, 4) is 0 Å². The molecule has 1 aliphatic rings. The molecule has 9 heteroatoms. The van der Waals surface area contributed by atoms with E-state index >= 15 is 0 Å². The molecule has 0 unspecified atom stereocenters. The fourth-order valence-electron chi connectivity index (χ4n) is 3.50. The molecule has 1 aliphatic heterocycles. The maximum atomic E-state index is 13.5. The first-order chi connectivity index (χ1) is 14.8. The topological polar surface area (TPSA) is 92.9 Å². The number of sulfonamides is 1. The van der Waals surface area contributed by atoms with Crippen molar-refractivity contribution in [2.75, 3.05) is 0 Å². The monoisotopic (exact) mass is 455 g/mol. The number of aryl methyl sites for hydroxylation is 1. The van der Waals surface area contributed by atoms with Gasteiger partial charge in [-0.15, -0.1) is 0 Å². The van der Waals surface area contributed by atoms with Crippen LogP contribution in [0, 0.1) is 17.0 Å². The quantitative estimate of drug-likeness (QED) is 0.395. The highest BCUT2D eigenvalue weighted by Crippen LogP contribution is 2.38. The summed E-state index contributed by atoms with van der Waals surface area (Å²) in [4.78, 5) is 11.1. The molecule has 0 saturated carbocycles. The fraction of sp³-hybridized carbons (Fsp3) is 0.136. The molecule has 7 nitrogen and oxygen atoms in total. The average Bonchev–Trinajstić information content (AvgIpc) is 3.21. The number of hydrazone groups is 1. The van der Waals surface area contributed by atoms with E-state index in [0.29, 0.717) is 21.9 Å². The Kier molecular flexibility index (Phi) is 5.51. The van der Waals surface area contributed by atoms with E-state index in [4.69, 9.17) is 11.6 Å². The first-order valence-corrected chi connectivity index (χ1v) is 11.3. The predicted molar refractivity (Wildman–Crippen MR) is 119 cm³/mol. The van der Waals surface area contributed by atoms with Crippen LogP contribution in [0.15, 0.2) is 82.8 Å². The van der Waals surface area contributed by atoms with Crippen molar-refractivity contribution in [1.29, 1.82) is 0 Å². The Labute approximate surface area is 184 Å². The molecule has 3 aromatic rings. The van der Waals surface area contributed by atoms with Crippen LogP contribution in [0.25, 0.3) is 0 Å². The normalized spacial score (nSPS) is 16.3. The van der Waals surface area contributed by atoms with Gasteiger partial charge >= 0.3 is 0 Å². The second-order valence-corrected chi connectivity index (χ2v) is 9.42. The number of hydrogen-bond donors (Lipinski definition) is 0. The van der Waals surface area contributed by atoms with Crippen LogP contribution in [0.2, 0.25) is 5.02 Å². The second-order valence-electron chi connectivity index (χ2n) is 7.18. The van der Waals surface area contributed by atoms with E-state index in [1.54, 1.807) is 54.6 Å². The largest absolute Gasteiger partial charge is 0.279 e. The smallest absolute Gasteiger partial charge is 0.258 e. The maximum Gasteiger partial charge on any atom is 0.279 e. The molecule has 0 radical (unpaired) electrons. The van der Waals surface area contributed by atoms with Crippen LogP contribution < -0.4 is 0 Å². The summed E-state index contributed by atoms with van der Waals surface area (Å²) in [6.45, 7) is 1.87. The summed E-state index contributed by atoms with van der Waals surface area (Å²) in [6.07, 6.45) is 0.192. The van der Waals surface area contributed by atoms with Gasteiger partial charge in [-0.25, -0.2) is 0 Å². The van der Waals surface area contributed by atoms with Gasteiger partial charge in [-0.2, -0.15) is 17.9 Å². The van der Waals surface area contributed by atoms with E-state index in [2.05, 4.69) is 5.10 Å². The molecule has 0 fully saturated rings. The minimum Gasteiger partial charge on any atom is -0.258 e. The zero-order valence-electron chi connectivity index (χ0n) is 16.5. The van der Waals surface area contributed by atoms with Crippen LogP contribution in [0.4, 0.5) is 5.69 Å². The van der Waals surface area contributed by atoms with Crippen molar-refractivity contribution in [3.63, 3.8) is 0 Å². The lowest BCUT2D eigenvalue weighted by molar-refractivity contribution is -0.385. The first-order valence-electron chi connectivity index (χ1n) is 9.45. The molecular formula is C22H18ClN3O4S. The van der Waals surface area contributed by atoms with Crippen molar-refractivity contribution < 1.29 is 13.3 Å². The van der Waals surface area contributed by atoms with Crippen LogP contribution >= 0.6 is 11.6 Å². The summed E-state index contributed by atoms with van der Waals surface area (Å²) in [5.41, 5.74) is 2.14. The molecule has 4 rings (SSSR count). The Morgan fingerprint density at radius 1 is 1.03 bits per heavy atom. The van der Waals surface area contributed by atoms with Crippen LogP contribution in [-0.2, 0) is 10.0 Å². The Hall–Kier alpha value is -3.23. The molecule has 31 heavy (non-hydrogen) atoms. The lowest BCUT2D eigenvalue weighted by Crippen LogP contribution is -2.27. The number of nitro benzene ring substituents is 1. The van der Waals surface area contributed by atoms with Gasteiger partial charge in [-0.1, -0.05) is 53.6 Å². The third-order valence-corrected chi connectivity index (χ3v) is 7.05. The van der Waals surface area contributed by atoms with Crippen LogP contribution in [-0.4, -0.2) is 23.5 Å². The highest BCUT2D eigenvalue weighted by Gasteiger charge is 2.39. The summed E-state index contributed by atoms with van der Waals surface area (Å²) >= 11 is 6.00. The van der Waals surface area contributed by atoms with Crippen LogP contribution in [0.1, 0.15) is 29.2 Å². The van der Waals surface area contributed by atoms with E-state index in [0.717, 1.165) is 9.98 Å². The Morgan fingerprint density at radius 2 is 1.68 bits per heavy atom. The zero-order chi connectivity index (χ0) is 22.2. The van der Waals surface area contributed by atoms with Gasteiger partial charge in [0, 0.05) is 17.5 Å². The summed E-state index contributed by atoms with van der Waals surface area (Å²) < 4.78 is 28.0. The summed E-state index contributed by atoms with van der Waals surface area (Å²) in [7, 11) is -3.99. The third kappa shape index (κ3) is 4.04. The first kappa shape index (κ1) is 21.0. The molecule has 0 spiro atoms. The fourth-order valence-corrected chi connectivity index (χ4v) is 5.06. The van der Waals surface area contributed by atoms with Crippen molar-refractivity contribution in [1.82, 2.24) is 4.41 Å². The van der Waals surface area contributed by atoms with Gasteiger partial charge in [0.1, 0.15) is 0 Å². The Morgan fingerprint density at radius 3 is 2.32 bits per heavy atom. The van der Waals surface area contributed by atoms with Crippen LogP contribution in [0.5, 0.6) is 0 Å². The zero-order valence-corrected chi connectivity index (χ0v) is 18.0. The molecule has 0 saturated heterocycles. The Bertz CT molecular complexity index is 1270. The lowest BCUT2D eigenvalue weighted by atomic mass is 9.98.